The zero-order valence-corrected chi connectivity index (χ0v) is 34.9. The Bertz CT molecular complexity index is 344. The van der Waals surface area contributed by atoms with Gasteiger partial charge in [0.05, 0.1) is 0 Å². The minimum Gasteiger partial charge on any atom is -0.332 e. The van der Waals surface area contributed by atoms with Crippen LogP contribution in [0.25, 0.3) is 0 Å². The molecule has 0 fully saturated rings. The number of hydrogen-bond acceptors (Lipinski definition) is 6. The van der Waals surface area contributed by atoms with Gasteiger partial charge < -0.3 is 22.5 Å². The molecule has 0 bridgehead atoms. The largest absolute Gasteiger partial charge is 0.332 e. The van der Waals surface area contributed by atoms with Gasteiger partial charge >= 0.3 is 0 Å². The molecule has 0 N–H and O–H groups in total. The van der Waals surface area contributed by atoms with Crippen molar-refractivity contribution in [1.29, 1.82) is 0 Å². The molecule has 2 unspecified atom stereocenters. The average Bonchev–Trinajstić information content (AvgIpc) is 2.68. The smallest absolute Gasteiger partial charge is 0.294 e. The third-order valence-corrected chi connectivity index (χ3v) is 3.69. The Labute approximate surface area is 185 Å². The van der Waals surface area contributed by atoms with Crippen molar-refractivity contribution in [3.63, 3.8) is 0 Å². The fourth-order valence-electron chi connectivity index (χ4n) is 2.04. The molecule has 0 aliphatic rings. The van der Waals surface area contributed by atoms with Gasteiger partial charge in [0.15, 0.2) is 0 Å². The molecule has 0 aromatic heterocycles. The number of unbranched alkanes of at least 4 members (excludes halogenated alkanes) is 5. The second-order valence-electron chi connectivity index (χ2n) is 6.73. The van der Waals surface area contributed by atoms with Crippen LogP contribution in [0.4, 0.5) is 0 Å². The monoisotopic (exact) mass is 971 g/mol. The summed E-state index contributed by atoms with van der Waals surface area (Å²) in [5, 5.41) is 18.1. The van der Waals surface area contributed by atoms with Crippen LogP contribution in [0, 0.1) is 33.1 Å². The van der Waals surface area contributed by atoms with Crippen molar-refractivity contribution < 1.29 is 19.8 Å². The first kappa shape index (κ1) is 42.5. The third-order valence-electron chi connectivity index (χ3n) is 3.69. The Morgan fingerprint density at radius 1 is 0.812 bits per heavy atom. The van der Waals surface area contributed by atoms with E-state index in [1.165, 1.54) is 25.7 Å². The summed E-state index contributed by atoms with van der Waals surface area (Å²) in [6.07, 6.45) is 14.1. The molecular weight excluding hydrogens is 922 g/mol. The maximum absolute atomic E-state index is 9.83. The summed E-state index contributed by atoms with van der Waals surface area (Å²) < 4.78 is 0. The molecule has 0 saturated heterocycles. The first-order chi connectivity index (χ1) is 14.2. The van der Waals surface area contributed by atoms with E-state index in [9.17, 15) is 20.2 Å². The van der Waals surface area contributed by atoms with Crippen molar-refractivity contribution in [3.8, 4) is 0 Å². The van der Waals surface area contributed by atoms with Crippen LogP contribution in [0.1, 0.15) is 120 Å². The minimum atomic E-state index is -0.736. The van der Waals surface area contributed by atoms with Gasteiger partial charge in [-0.05, 0) is 26.2 Å². The van der Waals surface area contributed by atoms with E-state index < -0.39 is 10.2 Å². The van der Waals surface area contributed by atoms with E-state index in [0.717, 1.165) is 32.1 Å². The standard InChI is InChI=1S/2C6H13NO3.2C5H11.2Rf/c1-3-4-5-6(2)10-7(8)9;1-3-5-6(4-2)10-7(8)9;2*1-3-5-4-2;;/h2*6H,3-5H2,1-2H3;5H,3-4H2,1-2H3;3H,4-5H2,1-2H3;;/q;;2*-1;;. The molecule has 0 rings (SSSR count). The predicted octanol–water partition coefficient (Wildman–Crippen LogP) is 7.57. The van der Waals surface area contributed by atoms with Gasteiger partial charge in [0.2, 0.25) is 0 Å². The van der Waals surface area contributed by atoms with Gasteiger partial charge in [-0.1, -0.05) is 67.2 Å². The summed E-state index contributed by atoms with van der Waals surface area (Å²) in [5.41, 5.74) is 0. The van der Waals surface area contributed by atoms with Crippen LogP contribution < -0.4 is 0 Å². The first-order valence-corrected chi connectivity index (χ1v) is 11.4. The molecule has 8 nitrogen and oxygen atoms in total. The van der Waals surface area contributed by atoms with Gasteiger partial charge in [0.1, 0.15) is 12.2 Å². The zero-order chi connectivity index (χ0) is 24.2. The average molecular weight is 971 g/mol. The molecule has 0 saturated carbocycles. The molecule has 2 atom stereocenters. The second kappa shape index (κ2) is 38.1. The van der Waals surface area contributed by atoms with Gasteiger partial charge in [-0.2, -0.15) is 26.2 Å². The molecule has 32 heavy (non-hydrogen) atoms. The first-order valence-electron chi connectivity index (χ1n) is 11.4. The fourth-order valence-corrected chi connectivity index (χ4v) is 2.04. The Kier molecular flexibility index (Phi) is 50.5. The van der Waals surface area contributed by atoms with Crippen LogP contribution in [0.3, 0.4) is 0 Å². The minimum absolute atomic E-state index is 0. The molecule has 0 spiro atoms. The molecule has 0 aromatic carbocycles. The van der Waals surface area contributed by atoms with Crippen molar-refractivity contribution in [2.45, 2.75) is 132 Å². The van der Waals surface area contributed by atoms with Crippen LogP contribution in [0.15, 0.2) is 0 Å². The van der Waals surface area contributed by atoms with E-state index in [1.54, 1.807) is 6.92 Å². The van der Waals surface area contributed by atoms with Crippen LogP contribution >= 0.6 is 0 Å². The SMILES string of the molecule is CCCC(CC)O[N+](=O)[O-].CCCCC(C)O[N+](=O)[O-].CC[CH-]CC.C[CH-]CCC.[Rf].[Rf]. The van der Waals surface area contributed by atoms with Crippen molar-refractivity contribution in [2.75, 3.05) is 0 Å². The van der Waals surface area contributed by atoms with Crippen molar-refractivity contribution in [2.24, 2.45) is 0 Å². The Hall–Kier alpha value is -3.60. The molecule has 0 amide bonds. The summed E-state index contributed by atoms with van der Waals surface area (Å²) >= 11 is 0. The van der Waals surface area contributed by atoms with E-state index in [4.69, 9.17) is 0 Å². The maximum atomic E-state index is 9.83. The third kappa shape index (κ3) is 56.3. The summed E-state index contributed by atoms with van der Waals surface area (Å²) in [4.78, 5) is 28.2. The normalized spacial score (nSPS) is 10.5. The molecule has 0 aromatic rings. The van der Waals surface area contributed by atoms with Crippen LogP contribution in [0.2, 0.25) is 0 Å². The van der Waals surface area contributed by atoms with Gasteiger partial charge in [-0.15, -0.1) is 20.2 Å². The summed E-state index contributed by atoms with van der Waals surface area (Å²) in [6.45, 7) is 16.2. The summed E-state index contributed by atoms with van der Waals surface area (Å²) in [6, 6.07) is 0. The number of rotatable bonds is 14. The van der Waals surface area contributed by atoms with E-state index in [1.807, 2.05) is 20.8 Å². The summed E-state index contributed by atoms with van der Waals surface area (Å²) in [7, 11) is 0. The second-order valence-corrected chi connectivity index (χ2v) is 6.73. The van der Waals surface area contributed by atoms with E-state index in [2.05, 4.69) is 50.2 Å². The van der Waals surface area contributed by atoms with Crippen LogP contribution in [-0.4, -0.2) is 22.4 Å². The molecule has 10 heteroatoms. The number of hydrogen-bond donors (Lipinski definition) is 0. The molecule has 188 valence electrons. The number of nitrogens with zero attached hydrogens (tertiary/aromatic N) is 2. The van der Waals surface area contributed by atoms with Gasteiger partial charge in [0.25, 0.3) is 10.2 Å². The van der Waals surface area contributed by atoms with E-state index in [0.29, 0.717) is 6.42 Å². The van der Waals surface area contributed by atoms with Crippen molar-refractivity contribution in [1.82, 2.24) is 0 Å². The molecule has 0 aliphatic carbocycles. The van der Waals surface area contributed by atoms with Gasteiger partial charge in [0, 0.05) is 0 Å². The Balaban J connectivity index is -0.0000000724. The van der Waals surface area contributed by atoms with E-state index >= 15 is 0 Å². The van der Waals surface area contributed by atoms with Gasteiger partial charge in [-0.3, -0.25) is 0 Å². The van der Waals surface area contributed by atoms with Crippen molar-refractivity contribution in [3.05, 3.63) is 33.1 Å². The van der Waals surface area contributed by atoms with Crippen LogP contribution in [-0.2, 0) is 9.68 Å². The van der Waals surface area contributed by atoms with Crippen LogP contribution in [0.5, 0.6) is 0 Å². The quantitative estimate of drug-likeness (QED) is 0.101. The predicted molar refractivity (Wildman–Crippen MR) is 124 cm³/mol. The molecule has 0 heterocycles. The Morgan fingerprint density at radius 2 is 1.31 bits per heavy atom. The zero-order valence-electron chi connectivity index (χ0n) is 22.1. The van der Waals surface area contributed by atoms with Crippen molar-refractivity contribution >= 4 is 0 Å². The molecule has 0 aliphatic heterocycles. The molecular formula is C22H48N2O6Rf2-2. The van der Waals surface area contributed by atoms with Gasteiger partial charge in [-0.25, -0.2) is 0 Å². The maximum Gasteiger partial charge on any atom is 0.294 e. The summed E-state index contributed by atoms with van der Waals surface area (Å²) in [5.74, 6) is 0. The van der Waals surface area contributed by atoms with E-state index in [-0.39, 0.29) is 12.2 Å². The molecule has 0 radical (unpaired) electrons. The topological polar surface area (TPSA) is 105 Å². The Morgan fingerprint density at radius 3 is 1.53 bits per heavy atom. The fraction of sp³-hybridized carbons (Fsp3) is 0.909.